The molecule has 0 bridgehead atoms. The van der Waals surface area contributed by atoms with Gasteiger partial charge in [0.2, 0.25) is 0 Å². The molecule has 1 aliphatic rings. The van der Waals surface area contributed by atoms with Gasteiger partial charge in [-0.2, -0.15) is 0 Å². The third-order valence-electron chi connectivity index (χ3n) is 3.62. The van der Waals surface area contributed by atoms with Crippen molar-refractivity contribution in [1.82, 2.24) is 4.90 Å². The predicted octanol–water partition coefficient (Wildman–Crippen LogP) is -0.922. The van der Waals surface area contributed by atoms with Gasteiger partial charge in [-0.15, -0.1) is 11.3 Å². The highest BCUT2D eigenvalue weighted by atomic mass is 35.5. The Morgan fingerprint density at radius 1 is 1.19 bits per heavy atom. The lowest BCUT2D eigenvalue weighted by Crippen LogP contribution is -3.10. The van der Waals surface area contributed by atoms with Crippen LogP contribution in [0.5, 0.6) is 0 Å². The van der Waals surface area contributed by atoms with Crippen LogP contribution in [0.15, 0.2) is 41.8 Å². The quantitative estimate of drug-likeness (QED) is 0.750. The molecule has 2 aromatic rings. The van der Waals surface area contributed by atoms with Gasteiger partial charge in [0.15, 0.2) is 0 Å². The van der Waals surface area contributed by atoms with Crippen molar-refractivity contribution in [2.75, 3.05) is 26.2 Å². The standard InChI is InChI=1S/C15H15ClN2OS.ClH/c16-12-3-1-4-13(11-12)17-6-8-18(9-7-17)15(19)14-5-2-10-20-14;/h1-5,10-11H,6-9H2;1H. The van der Waals surface area contributed by atoms with E-state index in [-0.39, 0.29) is 18.3 Å². The van der Waals surface area contributed by atoms with E-state index in [4.69, 9.17) is 11.6 Å². The van der Waals surface area contributed by atoms with E-state index in [1.165, 1.54) is 21.9 Å². The molecule has 1 saturated heterocycles. The van der Waals surface area contributed by atoms with Crippen LogP contribution in [0, 0.1) is 0 Å². The van der Waals surface area contributed by atoms with E-state index in [0.717, 1.165) is 36.1 Å². The lowest BCUT2D eigenvalue weighted by molar-refractivity contribution is -0.837. The van der Waals surface area contributed by atoms with Gasteiger partial charge in [0.25, 0.3) is 5.91 Å². The molecule has 1 aromatic carbocycles. The molecule has 3 nitrogen and oxygen atoms in total. The second-order valence-electron chi connectivity index (χ2n) is 4.88. The molecule has 112 valence electrons. The normalized spacial score (nSPS) is 15.6. The number of carbonyl (C=O) groups is 1. The number of nitrogens with one attached hydrogen (secondary N) is 1. The van der Waals surface area contributed by atoms with Crippen LogP contribution in [0.3, 0.4) is 0 Å². The molecule has 21 heavy (non-hydrogen) atoms. The van der Waals surface area contributed by atoms with Crippen LogP contribution < -0.4 is 17.3 Å². The van der Waals surface area contributed by atoms with Crippen molar-refractivity contribution < 1.29 is 22.1 Å². The number of hydrogen-bond donors (Lipinski definition) is 1. The number of carbonyl (C=O) groups excluding carboxylic acids is 1. The van der Waals surface area contributed by atoms with Gasteiger partial charge in [-0.05, 0) is 23.6 Å². The zero-order valence-corrected chi connectivity index (χ0v) is 13.7. The topological polar surface area (TPSA) is 24.8 Å². The van der Waals surface area contributed by atoms with Crippen LogP contribution in [0.1, 0.15) is 9.67 Å². The fourth-order valence-corrected chi connectivity index (χ4v) is 3.41. The van der Waals surface area contributed by atoms with Crippen LogP contribution in [0.4, 0.5) is 5.69 Å². The number of halogens is 2. The van der Waals surface area contributed by atoms with E-state index in [1.54, 1.807) is 0 Å². The minimum Gasteiger partial charge on any atom is -1.00 e. The van der Waals surface area contributed by atoms with Crippen LogP contribution in [0.2, 0.25) is 5.02 Å². The number of quaternary nitrogens is 1. The summed E-state index contributed by atoms with van der Waals surface area (Å²) in [6, 6.07) is 11.8. The summed E-state index contributed by atoms with van der Waals surface area (Å²) < 4.78 is 0. The number of piperazine rings is 1. The van der Waals surface area contributed by atoms with Crippen LogP contribution in [-0.4, -0.2) is 37.0 Å². The summed E-state index contributed by atoms with van der Waals surface area (Å²) >= 11 is 7.54. The van der Waals surface area contributed by atoms with Gasteiger partial charge in [0.1, 0.15) is 5.69 Å². The fourth-order valence-electron chi connectivity index (χ4n) is 2.53. The Balaban J connectivity index is 0.00000161. The minimum absolute atomic E-state index is 0. The molecule has 0 atom stereocenters. The Morgan fingerprint density at radius 3 is 2.57 bits per heavy atom. The molecule has 0 radical (unpaired) electrons. The van der Waals surface area contributed by atoms with Gasteiger partial charge in [-0.25, -0.2) is 0 Å². The van der Waals surface area contributed by atoms with Gasteiger partial charge < -0.3 is 17.3 Å². The molecule has 1 aliphatic heterocycles. The van der Waals surface area contributed by atoms with Gasteiger partial charge in [0, 0.05) is 11.1 Å². The van der Waals surface area contributed by atoms with Crippen LogP contribution in [-0.2, 0) is 0 Å². The first-order chi connectivity index (χ1) is 9.74. The Morgan fingerprint density at radius 2 is 1.95 bits per heavy atom. The molecule has 2 heterocycles. The average Bonchev–Trinajstić information content (AvgIpc) is 3.01. The molecule has 0 aliphatic carbocycles. The first-order valence-corrected chi connectivity index (χ1v) is 7.93. The highest BCUT2D eigenvalue weighted by Crippen LogP contribution is 2.14. The molecule has 1 aromatic heterocycles. The number of thiophene rings is 1. The van der Waals surface area contributed by atoms with E-state index >= 15 is 0 Å². The maximum atomic E-state index is 12.3. The maximum absolute atomic E-state index is 12.3. The highest BCUT2D eigenvalue weighted by molar-refractivity contribution is 7.12. The monoisotopic (exact) mass is 342 g/mol. The first kappa shape index (κ1) is 16.3. The van der Waals surface area contributed by atoms with Crippen molar-refractivity contribution in [2.45, 2.75) is 0 Å². The Bertz CT molecular complexity index is 595. The summed E-state index contributed by atoms with van der Waals surface area (Å²) in [5.74, 6) is 0.158. The van der Waals surface area contributed by atoms with Gasteiger partial charge in [0.05, 0.1) is 31.1 Å². The largest absolute Gasteiger partial charge is 1.00 e. The molecule has 1 fully saturated rings. The third kappa shape index (κ3) is 3.77. The molecule has 1 N–H and O–H groups in total. The summed E-state index contributed by atoms with van der Waals surface area (Å²) in [4.78, 5) is 16.4. The number of benzene rings is 1. The maximum Gasteiger partial charge on any atom is 0.264 e. The lowest BCUT2D eigenvalue weighted by atomic mass is 10.2. The number of nitrogens with zero attached hydrogens (tertiary/aromatic N) is 1. The average molecular weight is 343 g/mol. The predicted molar refractivity (Wildman–Crippen MR) is 82.0 cm³/mol. The van der Waals surface area contributed by atoms with Crippen molar-refractivity contribution in [3.05, 3.63) is 51.7 Å². The van der Waals surface area contributed by atoms with Gasteiger partial charge >= 0.3 is 0 Å². The SMILES string of the molecule is O=C(c1cccs1)N1CC[NH+](c2cccc(Cl)c2)CC1.[Cl-]. The second kappa shape index (κ2) is 7.27. The number of amides is 1. The summed E-state index contributed by atoms with van der Waals surface area (Å²) in [5.41, 5.74) is 1.21. The molecule has 0 spiro atoms. The van der Waals surface area contributed by atoms with E-state index < -0.39 is 0 Å². The van der Waals surface area contributed by atoms with E-state index in [9.17, 15) is 4.79 Å². The van der Waals surface area contributed by atoms with Gasteiger partial charge in [-0.3, -0.25) is 9.69 Å². The van der Waals surface area contributed by atoms with E-state index in [2.05, 4.69) is 6.07 Å². The second-order valence-corrected chi connectivity index (χ2v) is 6.27. The fraction of sp³-hybridized carbons (Fsp3) is 0.267. The van der Waals surface area contributed by atoms with Crippen molar-refractivity contribution in [3.63, 3.8) is 0 Å². The molecule has 3 rings (SSSR count). The van der Waals surface area contributed by atoms with Crippen LogP contribution in [0.25, 0.3) is 0 Å². The third-order valence-corrected chi connectivity index (χ3v) is 4.71. The van der Waals surface area contributed by atoms with Gasteiger partial charge in [-0.1, -0.05) is 23.7 Å². The lowest BCUT2D eigenvalue weighted by Gasteiger charge is -2.31. The molecular formula is C15H16Cl2N2OS. The minimum atomic E-state index is 0. The highest BCUT2D eigenvalue weighted by Gasteiger charge is 2.26. The van der Waals surface area contributed by atoms with Crippen molar-refractivity contribution in [1.29, 1.82) is 0 Å². The van der Waals surface area contributed by atoms with Crippen LogP contribution >= 0.6 is 22.9 Å². The number of hydrogen-bond acceptors (Lipinski definition) is 2. The molecule has 0 saturated carbocycles. The van der Waals surface area contributed by atoms with E-state index in [1.807, 2.05) is 40.6 Å². The molecular weight excluding hydrogens is 327 g/mol. The molecule has 6 heteroatoms. The summed E-state index contributed by atoms with van der Waals surface area (Å²) in [6.45, 7) is 3.44. The zero-order chi connectivity index (χ0) is 13.9. The zero-order valence-electron chi connectivity index (χ0n) is 11.4. The summed E-state index contributed by atoms with van der Waals surface area (Å²) in [7, 11) is 0. The van der Waals surface area contributed by atoms with Crippen molar-refractivity contribution in [3.8, 4) is 0 Å². The summed E-state index contributed by atoms with van der Waals surface area (Å²) in [6.07, 6.45) is 0. The summed E-state index contributed by atoms with van der Waals surface area (Å²) in [5, 5.41) is 2.72. The van der Waals surface area contributed by atoms with Crippen molar-refractivity contribution in [2.24, 2.45) is 0 Å². The Labute approximate surface area is 139 Å². The molecule has 0 unspecified atom stereocenters. The number of rotatable bonds is 2. The Kier molecular flexibility index (Phi) is 5.65. The Hall–Kier alpha value is -1.07. The smallest absolute Gasteiger partial charge is 0.264 e. The first-order valence-electron chi connectivity index (χ1n) is 6.67. The van der Waals surface area contributed by atoms with E-state index in [0.29, 0.717) is 0 Å². The molecule has 1 amide bonds. The van der Waals surface area contributed by atoms with Crippen molar-refractivity contribution >= 4 is 34.5 Å².